The maximum Gasteiger partial charge on any atom is 0.387 e. The Labute approximate surface area is 160 Å². The number of guanidine groups is 1. The summed E-state index contributed by atoms with van der Waals surface area (Å²) in [5, 5.41) is 15.8. The molecule has 0 amide bonds. The molecule has 1 unspecified atom stereocenters. The van der Waals surface area contributed by atoms with Crippen LogP contribution in [0.4, 0.5) is 8.78 Å². The second-order valence-corrected chi connectivity index (χ2v) is 6.43. The molecule has 0 aliphatic rings. The maximum absolute atomic E-state index is 12.8. The van der Waals surface area contributed by atoms with Crippen molar-refractivity contribution in [2.24, 2.45) is 10.4 Å². The van der Waals surface area contributed by atoms with Crippen LogP contribution in [0.2, 0.25) is 0 Å². The first-order valence-corrected chi connectivity index (χ1v) is 9.21. The lowest BCUT2D eigenvalue weighted by Gasteiger charge is -2.27. The number of benzene rings is 1. The fourth-order valence-electron chi connectivity index (χ4n) is 2.27. The summed E-state index contributed by atoms with van der Waals surface area (Å²) < 4.78 is 35.7. The predicted octanol–water partition coefficient (Wildman–Crippen LogP) is 3.15. The van der Waals surface area contributed by atoms with Crippen LogP contribution in [0.5, 0.6) is 11.5 Å². The van der Waals surface area contributed by atoms with Crippen molar-refractivity contribution in [3.8, 4) is 11.5 Å². The van der Waals surface area contributed by atoms with Crippen LogP contribution >= 0.6 is 0 Å². The molecule has 0 heterocycles. The fraction of sp³-hybridized carbons (Fsp3) is 0.632. The van der Waals surface area contributed by atoms with Gasteiger partial charge in [0.15, 0.2) is 17.5 Å². The highest BCUT2D eigenvalue weighted by Crippen LogP contribution is 2.33. The highest BCUT2D eigenvalue weighted by atomic mass is 19.3. The van der Waals surface area contributed by atoms with Gasteiger partial charge in [-0.25, -0.2) is 4.99 Å². The van der Waals surface area contributed by atoms with Gasteiger partial charge in [-0.15, -0.1) is 0 Å². The van der Waals surface area contributed by atoms with Crippen LogP contribution in [-0.4, -0.2) is 44.0 Å². The number of nitrogens with one attached hydrogen (secondary N) is 2. The number of ether oxygens (including phenoxy) is 2. The van der Waals surface area contributed by atoms with E-state index >= 15 is 0 Å². The molecular formula is C19H31F2N3O3. The van der Waals surface area contributed by atoms with Crippen LogP contribution in [0.1, 0.15) is 39.7 Å². The predicted molar refractivity (Wildman–Crippen MR) is 103 cm³/mol. The van der Waals surface area contributed by atoms with Gasteiger partial charge in [-0.2, -0.15) is 8.78 Å². The maximum atomic E-state index is 12.8. The van der Waals surface area contributed by atoms with Gasteiger partial charge in [0.2, 0.25) is 0 Å². The average Bonchev–Trinajstić information content (AvgIpc) is 2.65. The van der Waals surface area contributed by atoms with E-state index in [4.69, 9.17) is 4.74 Å². The Hall–Kier alpha value is -2.09. The lowest BCUT2D eigenvalue weighted by Crippen LogP contribution is -2.43. The van der Waals surface area contributed by atoms with E-state index < -0.39 is 6.61 Å². The summed E-state index contributed by atoms with van der Waals surface area (Å²) in [4.78, 5) is 4.46. The van der Waals surface area contributed by atoms with E-state index in [0.29, 0.717) is 31.2 Å². The number of aliphatic imine (C=N–C) groups is 1. The van der Waals surface area contributed by atoms with Gasteiger partial charge in [-0.3, -0.25) is 0 Å². The Balaban J connectivity index is 2.99. The van der Waals surface area contributed by atoms with Crippen molar-refractivity contribution in [1.29, 1.82) is 0 Å². The summed E-state index contributed by atoms with van der Waals surface area (Å²) in [6.07, 6.45) is 0.804. The van der Waals surface area contributed by atoms with E-state index in [9.17, 15) is 13.9 Å². The summed E-state index contributed by atoms with van der Waals surface area (Å²) in [7, 11) is 0. The van der Waals surface area contributed by atoms with Gasteiger partial charge in [-0.05, 0) is 26.3 Å². The fourth-order valence-corrected chi connectivity index (χ4v) is 2.27. The SMILES string of the molecule is CCNC(=NCc1cccc(OCC)c1OC(F)F)NCC(C)(CC)CO. The number of rotatable bonds is 11. The van der Waals surface area contributed by atoms with Gasteiger partial charge >= 0.3 is 6.61 Å². The number of nitrogens with zero attached hydrogens (tertiary/aromatic N) is 1. The Kier molecular flexibility index (Phi) is 9.85. The monoisotopic (exact) mass is 387 g/mol. The third kappa shape index (κ3) is 7.58. The zero-order chi connectivity index (χ0) is 20.3. The lowest BCUT2D eigenvalue weighted by molar-refractivity contribution is -0.0520. The highest BCUT2D eigenvalue weighted by Gasteiger charge is 2.21. The van der Waals surface area contributed by atoms with Crippen molar-refractivity contribution in [2.75, 3.05) is 26.3 Å². The molecule has 27 heavy (non-hydrogen) atoms. The molecule has 154 valence electrons. The molecular weight excluding hydrogens is 356 g/mol. The van der Waals surface area contributed by atoms with Gasteiger partial charge in [-0.1, -0.05) is 26.0 Å². The van der Waals surface area contributed by atoms with Gasteiger partial charge < -0.3 is 25.2 Å². The molecule has 8 heteroatoms. The Morgan fingerprint density at radius 2 is 2.00 bits per heavy atom. The van der Waals surface area contributed by atoms with Crippen LogP contribution in [0, 0.1) is 5.41 Å². The second kappa shape index (κ2) is 11.6. The van der Waals surface area contributed by atoms with Gasteiger partial charge in [0.25, 0.3) is 0 Å². The molecule has 0 aliphatic heterocycles. The lowest BCUT2D eigenvalue weighted by atomic mass is 9.89. The first-order chi connectivity index (χ1) is 12.9. The first kappa shape index (κ1) is 23.0. The van der Waals surface area contributed by atoms with Crippen molar-refractivity contribution in [1.82, 2.24) is 10.6 Å². The van der Waals surface area contributed by atoms with Crippen LogP contribution in [0.25, 0.3) is 0 Å². The zero-order valence-corrected chi connectivity index (χ0v) is 16.5. The van der Waals surface area contributed by atoms with Crippen molar-refractivity contribution >= 4 is 5.96 Å². The molecule has 3 N–H and O–H groups in total. The number of hydrogen-bond acceptors (Lipinski definition) is 4. The van der Waals surface area contributed by atoms with Crippen LogP contribution in [0.3, 0.4) is 0 Å². The van der Waals surface area contributed by atoms with Crippen molar-refractivity contribution in [3.63, 3.8) is 0 Å². The Morgan fingerprint density at radius 3 is 2.56 bits per heavy atom. The van der Waals surface area contributed by atoms with Crippen molar-refractivity contribution in [2.45, 2.75) is 47.3 Å². The van der Waals surface area contributed by atoms with Crippen LogP contribution in [-0.2, 0) is 6.54 Å². The normalized spacial score (nSPS) is 14.0. The molecule has 0 saturated heterocycles. The van der Waals surface area contributed by atoms with E-state index in [1.165, 1.54) is 0 Å². The van der Waals surface area contributed by atoms with Gasteiger partial charge in [0.05, 0.1) is 19.8 Å². The standard InChI is InChI=1S/C19H31F2N3O3/c1-5-19(4,13-25)12-24-18(22-6-2)23-11-14-9-8-10-15(26-7-3)16(14)27-17(20)21/h8-10,17,25H,5-7,11-13H2,1-4H3,(H2,22,23,24). The average molecular weight is 387 g/mol. The van der Waals surface area contributed by atoms with E-state index in [1.54, 1.807) is 25.1 Å². The van der Waals surface area contributed by atoms with E-state index in [0.717, 1.165) is 6.42 Å². The Morgan fingerprint density at radius 1 is 1.26 bits per heavy atom. The minimum absolute atomic E-state index is 0.00250. The molecule has 0 radical (unpaired) electrons. The molecule has 0 spiro atoms. The largest absolute Gasteiger partial charge is 0.490 e. The molecule has 1 rings (SSSR count). The minimum Gasteiger partial charge on any atom is -0.490 e. The van der Waals surface area contributed by atoms with E-state index in [2.05, 4.69) is 20.4 Å². The molecule has 0 aromatic heterocycles. The number of hydrogen-bond donors (Lipinski definition) is 3. The van der Waals surface area contributed by atoms with Gasteiger partial charge in [0, 0.05) is 24.1 Å². The quantitative estimate of drug-likeness (QED) is 0.402. The number of para-hydroxylation sites is 1. The number of halogens is 2. The first-order valence-electron chi connectivity index (χ1n) is 9.21. The molecule has 1 aromatic rings. The summed E-state index contributed by atoms with van der Waals surface area (Å²) >= 11 is 0. The summed E-state index contributed by atoms with van der Waals surface area (Å²) in [5.74, 6) is 0.806. The van der Waals surface area contributed by atoms with Crippen molar-refractivity contribution < 1.29 is 23.4 Å². The number of aliphatic hydroxyl groups excluding tert-OH is 1. The van der Waals surface area contributed by atoms with Crippen LogP contribution in [0.15, 0.2) is 23.2 Å². The molecule has 1 aromatic carbocycles. The topological polar surface area (TPSA) is 75.1 Å². The summed E-state index contributed by atoms with van der Waals surface area (Å²) in [6.45, 7) is 6.46. The van der Waals surface area contributed by atoms with E-state index in [1.807, 2.05) is 20.8 Å². The zero-order valence-electron chi connectivity index (χ0n) is 16.5. The third-order valence-electron chi connectivity index (χ3n) is 4.24. The highest BCUT2D eigenvalue weighted by molar-refractivity contribution is 5.79. The van der Waals surface area contributed by atoms with Gasteiger partial charge in [0.1, 0.15) is 0 Å². The molecule has 0 aliphatic carbocycles. The molecule has 6 nitrogen and oxygen atoms in total. The van der Waals surface area contributed by atoms with Crippen LogP contribution < -0.4 is 20.1 Å². The molecule has 0 saturated carbocycles. The second-order valence-electron chi connectivity index (χ2n) is 6.43. The third-order valence-corrected chi connectivity index (χ3v) is 4.24. The smallest absolute Gasteiger partial charge is 0.387 e. The van der Waals surface area contributed by atoms with E-state index in [-0.39, 0.29) is 30.1 Å². The summed E-state index contributed by atoms with van der Waals surface area (Å²) in [5.41, 5.74) is 0.230. The molecule has 0 fully saturated rings. The molecule has 1 atom stereocenters. The summed E-state index contributed by atoms with van der Waals surface area (Å²) in [6, 6.07) is 4.98. The number of aliphatic hydroxyl groups is 1. The Bertz CT molecular complexity index is 594. The number of alkyl halides is 2. The molecule has 0 bridgehead atoms. The minimum atomic E-state index is -2.95. The van der Waals surface area contributed by atoms with Crippen molar-refractivity contribution in [3.05, 3.63) is 23.8 Å².